The Hall–Kier alpha value is -3.16. The van der Waals surface area contributed by atoms with Gasteiger partial charge in [-0.3, -0.25) is 9.69 Å². The van der Waals surface area contributed by atoms with Gasteiger partial charge in [0.1, 0.15) is 5.76 Å². The molecule has 0 spiro atoms. The molecule has 1 saturated heterocycles. The lowest BCUT2D eigenvalue weighted by Gasteiger charge is -2.12. The third kappa shape index (κ3) is 5.06. The van der Waals surface area contributed by atoms with Crippen LogP contribution in [-0.2, 0) is 11.3 Å². The molecule has 0 N–H and O–H groups in total. The van der Waals surface area contributed by atoms with Crippen LogP contribution in [0.1, 0.15) is 23.1 Å². The number of hydrogen-bond acceptors (Lipinski definition) is 6. The zero-order valence-electron chi connectivity index (χ0n) is 16.3. The average molecular weight is 434 g/mol. The van der Waals surface area contributed by atoms with E-state index in [0.29, 0.717) is 22.4 Å². The molecule has 0 unspecified atom stereocenters. The number of allylic oxidation sites excluding steroid dienone is 1. The zero-order valence-corrected chi connectivity index (χ0v) is 17.9. The summed E-state index contributed by atoms with van der Waals surface area (Å²) in [5.74, 6) is 0.591. The van der Waals surface area contributed by atoms with E-state index >= 15 is 0 Å². The largest absolute Gasteiger partial charge is 0.467 e. The molecule has 7 heteroatoms. The van der Waals surface area contributed by atoms with E-state index in [-0.39, 0.29) is 5.91 Å². The third-order valence-corrected chi connectivity index (χ3v) is 6.01. The van der Waals surface area contributed by atoms with Crippen LogP contribution in [0.15, 0.2) is 91.3 Å². The first-order chi connectivity index (χ1) is 14.7. The van der Waals surface area contributed by atoms with Gasteiger partial charge in [-0.1, -0.05) is 42.5 Å². The highest BCUT2D eigenvalue weighted by Gasteiger charge is 2.34. The molecule has 5 nitrogen and oxygen atoms in total. The smallest absolute Gasteiger partial charge is 0.267 e. The maximum Gasteiger partial charge on any atom is 0.267 e. The second kappa shape index (κ2) is 9.56. The van der Waals surface area contributed by atoms with Gasteiger partial charge in [-0.15, -0.1) is 16.4 Å². The number of nitrogens with zero attached hydrogens (tertiary/aromatic N) is 3. The number of amides is 1. The quantitative estimate of drug-likeness (QED) is 0.276. The minimum Gasteiger partial charge on any atom is -0.467 e. The molecule has 1 aromatic carbocycles. The van der Waals surface area contributed by atoms with Crippen LogP contribution >= 0.6 is 23.1 Å². The van der Waals surface area contributed by atoms with Gasteiger partial charge >= 0.3 is 0 Å². The lowest BCUT2D eigenvalue weighted by molar-refractivity contribution is -0.122. The summed E-state index contributed by atoms with van der Waals surface area (Å²) in [6, 6.07) is 17.6. The van der Waals surface area contributed by atoms with Crippen molar-refractivity contribution in [2.24, 2.45) is 10.2 Å². The van der Waals surface area contributed by atoms with E-state index in [1.807, 2.05) is 73.0 Å². The number of amidine groups is 1. The minimum atomic E-state index is -0.102. The Labute approximate surface area is 183 Å². The number of carbonyl (C=O) groups is 1. The Morgan fingerprint density at radius 1 is 1.13 bits per heavy atom. The van der Waals surface area contributed by atoms with Gasteiger partial charge in [0.25, 0.3) is 5.91 Å². The van der Waals surface area contributed by atoms with E-state index in [9.17, 15) is 4.79 Å². The number of benzene rings is 1. The molecule has 4 rings (SSSR count). The number of thiophene rings is 1. The fourth-order valence-electron chi connectivity index (χ4n) is 2.80. The molecule has 3 aromatic rings. The molecule has 2 aromatic heterocycles. The predicted octanol–water partition coefficient (Wildman–Crippen LogP) is 5.90. The van der Waals surface area contributed by atoms with Gasteiger partial charge in [0.15, 0.2) is 5.17 Å². The van der Waals surface area contributed by atoms with E-state index in [0.717, 1.165) is 16.0 Å². The summed E-state index contributed by atoms with van der Waals surface area (Å²) in [7, 11) is 0. The van der Waals surface area contributed by atoms with Crippen LogP contribution in [0.2, 0.25) is 0 Å². The highest BCUT2D eigenvalue weighted by Crippen LogP contribution is 2.34. The van der Waals surface area contributed by atoms with Gasteiger partial charge in [-0.05, 0) is 59.5 Å². The van der Waals surface area contributed by atoms with E-state index < -0.39 is 0 Å². The number of thioether (sulfide) groups is 1. The fourth-order valence-corrected chi connectivity index (χ4v) is 4.46. The molecule has 30 heavy (non-hydrogen) atoms. The summed E-state index contributed by atoms with van der Waals surface area (Å²) in [6.07, 6.45) is 7.20. The maximum atomic E-state index is 13.0. The normalized spacial score (nSPS) is 17.7. The monoisotopic (exact) mass is 433 g/mol. The van der Waals surface area contributed by atoms with Gasteiger partial charge in [0, 0.05) is 4.88 Å². The van der Waals surface area contributed by atoms with Crippen LogP contribution in [0.25, 0.3) is 12.2 Å². The van der Waals surface area contributed by atoms with Crippen molar-refractivity contribution in [3.8, 4) is 0 Å². The van der Waals surface area contributed by atoms with Crippen molar-refractivity contribution in [2.45, 2.75) is 13.5 Å². The summed E-state index contributed by atoms with van der Waals surface area (Å²) in [4.78, 5) is 16.2. The molecule has 1 fully saturated rings. The number of hydrogen-bond donors (Lipinski definition) is 0. The number of furan rings is 1. The van der Waals surface area contributed by atoms with Crippen molar-refractivity contribution in [3.63, 3.8) is 0 Å². The van der Waals surface area contributed by atoms with Gasteiger partial charge in [-0.2, -0.15) is 5.10 Å². The number of carbonyl (C=O) groups excluding carboxylic acids is 1. The molecular formula is C23H19N3O2S2. The molecule has 0 aliphatic carbocycles. The molecule has 3 heterocycles. The second-order valence-corrected chi connectivity index (χ2v) is 8.51. The molecule has 1 aliphatic rings. The van der Waals surface area contributed by atoms with E-state index in [2.05, 4.69) is 10.2 Å². The van der Waals surface area contributed by atoms with Crippen molar-refractivity contribution in [1.29, 1.82) is 0 Å². The van der Waals surface area contributed by atoms with Crippen LogP contribution in [0.4, 0.5) is 0 Å². The van der Waals surface area contributed by atoms with Crippen LogP contribution in [0, 0.1) is 0 Å². The first-order valence-corrected chi connectivity index (χ1v) is 11.0. The number of rotatable bonds is 6. The first-order valence-electron chi connectivity index (χ1n) is 9.31. The van der Waals surface area contributed by atoms with Crippen molar-refractivity contribution in [1.82, 2.24) is 4.90 Å². The molecule has 1 aliphatic heterocycles. The molecule has 0 atom stereocenters. The minimum absolute atomic E-state index is 0.102. The fraction of sp³-hybridized carbons (Fsp3) is 0.0870. The summed E-state index contributed by atoms with van der Waals surface area (Å²) in [6.45, 7) is 2.28. The summed E-state index contributed by atoms with van der Waals surface area (Å²) >= 11 is 2.91. The van der Waals surface area contributed by atoms with Gasteiger partial charge in [-0.25, -0.2) is 0 Å². The van der Waals surface area contributed by atoms with Crippen LogP contribution in [0.5, 0.6) is 0 Å². The Balaban J connectivity index is 1.56. The van der Waals surface area contributed by atoms with Crippen LogP contribution in [0.3, 0.4) is 0 Å². The Morgan fingerprint density at radius 3 is 2.73 bits per heavy atom. The Bertz CT molecular complexity index is 1110. The topological polar surface area (TPSA) is 58.2 Å². The van der Waals surface area contributed by atoms with Crippen molar-refractivity contribution in [3.05, 3.63) is 92.9 Å². The Morgan fingerprint density at radius 2 is 2.00 bits per heavy atom. The standard InChI is InChI=1S/C23H19N3O2S2/c1-17(13-18-7-3-2-4-8-18)15-24-25-23-26(16-19-9-5-11-28-19)22(27)21(30-23)14-20-10-6-12-29-20/h2-15H,16H2,1H3/b17-13+,21-14-,24-15-,25-23+. The molecule has 1 amide bonds. The molecule has 150 valence electrons. The Kier molecular flexibility index (Phi) is 6.41. The summed E-state index contributed by atoms with van der Waals surface area (Å²) in [5, 5.41) is 11.1. The lowest BCUT2D eigenvalue weighted by Crippen LogP contribution is -2.28. The van der Waals surface area contributed by atoms with Gasteiger partial charge in [0.05, 0.1) is 23.9 Å². The SMILES string of the molecule is CC(/C=N\N=C1\S/C(=C\c2cccs2)C(=O)N1Cc1ccco1)=C\c1ccccc1. The highest BCUT2D eigenvalue weighted by molar-refractivity contribution is 8.18. The summed E-state index contributed by atoms with van der Waals surface area (Å²) < 4.78 is 5.42. The predicted molar refractivity (Wildman–Crippen MR) is 125 cm³/mol. The van der Waals surface area contributed by atoms with Crippen molar-refractivity contribution >= 4 is 52.5 Å². The van der Waals surface area contributed by atoms with E-state index in [4.69, 9.17) is 4.42 Å². The maximum absolute atomic E-state index is 13.0. The third-order valence-electron chi connectivity index (χ3n) is 4.20. The van der Waals surface area contributed by atoms with E-state index in [1.54, 1.807) is 34.8 Å². The first kappa shape index (κ1) is 20.1. The van der Waals surface area contributed by atoms with E-state index in [1.165, 1.54) is 11.8 Å². The second-order valence-electron chi connectivity index (χ2n) is 6.52. The van der Waals surface area contributed by atoms with Crippen molar-refractivity contribution < 1.29 is 9.21 Å². The lowest BCUT2D eigenvalue weighted by atomic mass is 10.1. The van der Waals surface area contributed by atoms with Crippen LogP contribution < -0.4 is 0 Å². The molecular weight excluding hydrogens is 414 g/mol. The van der Waals surface area contributed by atoms with Crippen LogP contribution in [-0.4, -0.2) is 22.2 Å². The summed E-state index contributed by atoms with van der Waals surface area (Å²) in [5.41, 5.74) is 2.06. The van der Waals surface area contributed by atoms with Gasteiger partial charge in [0.2, 0.25) is 0 Å². The molecule has 0 bridgehead atoms. The van der Waals surface area contributed by atoms with Crippen molar-refractivity contribution in [2.75, 3.05) is 0 Å². The molecule has 0 saturated carbocycles. The average Bonchev–Trinajstić information content (AvgIpc) is 3.49. The molecule has 0 radical (unpaired) electrons. The van der Waals surface area contributed by atoms with Gasteiger partial charge < -0.3 is 4.42 Å². The zero-order chi connectivity index (χ0) is 20.8. The highest BCUT2D eigenvalue weighted by atomic mass is 32.2.